The molecule has 0 bridgehead atoms. The minimum absolute atomic E-state index is 0.178. The average molecular weight is 308 g/mol. The topological polar surface area (TPSA) is 40.5 Å². The van der Waals surface area contributed by atoms with E-state index < -0.39 is 23.1 Å². The number of halogens is 4. The molecule has 0 radical (unpaired) electrons. The standard InChI is InChI=1S/C13H13ClF3NO2/c14-12(20)8-5-9(13(15,16)17)7-10(6-8)18-3-1-11(19)2-4-18/h5-7,11,19H,1-4H2. The third-order valence-electron chi connectivity index (χ3n) is 3.30. The predicted molar refractivity (Wildman–Crippen MR) is 69.1 cm³/mol. The molecule has 2 rings (SSSR count). The maximum Gasteiger partial charge on any atom is 0.416 e. The minimum atomic E-state index is -4.54. The fourth-order valence-corrected chi connectivity index (χ4v) is 2.30. The first-order valence-corrected chi connectivity index (χ1v) is 6.50. The van der Waals surface area contributed by atoms with E-state index in [0.29, 0.717) is 31.6 Å². The van der Waals surface area contributed by atoms with Crippen LogP contribution in [-0.4, -0.2) is 29.5 Å². The summed E-state index contributed by atoms with van der Waals surface area (Å²) in [5.74, 6) is 0. The van der Waals surface area contributed by atoms with Crippen molar-refractivity contribution in [3.63, 3.8) is 0 Å². The molecule has 0 spiro atoms. The molecule has 110 valence electrons. The van der Waals surface area contributed by atoms with Crippen LogP contribution < -0.4 is 4.90 Å². The lowest BCUT2D eigenvalue weighted by Gasteiger charge is -2.32. The molecule has 1 aliphatic heterocycles. The molecule has 0 aliphatic carbocycles. The SMILES string of the molecule is O=C(Cl)c1cc(N2CCC(O)CC2)cc(C(F)(F)F)c1. The lowest BCUT2D eigenvalue weighted by atomic mass is 10.0. The van der Waals surface area contributed by atoms with Crippen LogP contribution >= 0.6 is 11.6 Å². The second kappa shape index (κ2) is 5.61. The molecule has 1 aliphatic rings. The van der Waals surface area contributed by atoms with Crippen LogP contribution in [0, 0.1) is 0 Å². The van der Waals surface area contributed by atoms with Gasteiger partial charge in [0.05, 0.1) is 11.7 Å². The smallest absolute Gasteiger partial charge is 0.393 e. The molecule has 1 aromatic rings. The first kappa shape index (κ1) is 15.1. The number of carbonyl (C=O) groups is 1. The zero-order chi connectivity index (χ0) is 14.9. The van der Waals surface area contributed by atoms with Gasteiger partial charge in [0.2, 0.25) is 0 Å². The van der Waals surface area contributed by atoms with Crippen LogP contribution in [0.15, 0.2) is 18.2 Å². The highest BCUT2D eigenvalue weighted by molar-refractivity contribution is 6.67. The lowest BCUT2D eigenvalue weighted by molar-refractivity contribution is -0.137. The third kappa shape index (κ3) is 3.43. The number of anilines is 1. The van der Waals surface area contributed by atoms with Gasteiger partial charge in [-0.1, -0.05) is 0 Å². The average Bonchev–Trinajstić information content (AvgIpc) is 2.38. The number of aliphatic hydroxyl groups is 1. The van der Waals surface area contributed by atoms with Crippen molar-refractivity contribution in [2.45, 2.75) is 25.1 Å². The van der Waals surface area contributed by atoms with Gasteiger partial charge < -0.3 is 10.0 Å². The van der Waals surface area contributed by atoms with Crippen molar-refractivity contribution in [3.8, 4) is 0 Å². The Balaban J connectivity index is 2.37. The van der Waals surface area contributed by atoms with Crippen LogP contribution in [0.25, 0.3) is 0 Å². The van der Waals surface area contributed by atoms with Crippen molar-refractivity contribution >= 4 is 22.5 Å². The number of alkyl halides is 3. The summed E-state index contributed by atoms with van der Waals surface area (Å²) in [5, 5.41) is 8.50. The zero-order valence-corrected chi connectivity index (χ0v) is 11.2. The molecule has 0 unspecified atom stereocenters. The Bertz CT molecular complexity index is 511. The molecule has 1 heterocycles. The van der Waals surface area contributed by atoms with Gasteiger partial charge in [0.1, 0.15) is 0 Å². The maximum atomic E-state index is 12.8. The Morgan fingerprint density at radius 2 is 1.85 bits per heavy atom. The largest absolute Gasteiger partial charge is 0.416 e. The molecule has 1 saturated heterocycles. The van der Waals surface area contributed by atoms with Gasteiger partial charge in [-0.3, -0.25) is 4.79 Å². The van der Waals surface area contributed by atoms with E-state index in [2.05, 4.69) is 0 Å². The molecule has 1 fully saturated rings. The summed E-state index contributed by atoms with van der Waals surface area (Å²) in [6.45, 7) is 0.886. The Hall–Kier alpha value is -1.27. The summed E-state index contributed by atoms with van der Waals surface area (Å²) in [7, 11) is 0. The van der Waals surface area contributed by atoms with Crippen molar-refractivity contribution in [1.82, 2.24) is 0 Å². The van der Waals surface area contributed by atoms with Crippen molar-refractivity contribution in [2.24, 2.45) is 0 Å². The van der Waals surface area contributed by atoms with E-state index in [0.717, 1.165) is 12.1 Å². The molecule has 3 nitrogen and oxygen atoms in total. The summed E-state index contributed by atoms with van der Waals surface area (Å²) in [4.78, 5) is 12.9. The number of piperidine rings is 1. The van der Waals surface area contributed by atoms with Gasteiger partial charge in [-0.25, -0.2) is 0 Å². The molecular weight excluding hydrogens is 295 g/mol. The molecular formula is C13H13ClF3NO2. The highest BCUT2D eigenvalue weighted by Crippen LogP contribution is 2.34. The van der Waals surface area contributed by atoms with Crippen LogP contribution in [0.5, 0.6) is 0 Å². The Labute approximate surface area is 118 Å². The van der Waals surface area contributed by atoms with E-state index in [1.165, 1.54) is 6.07 Å². The molecule has 20 heavy (non-hydrogen) atoms. The first-order chi connectivity index (χ1) is 9.27. The van der Waals surface area contributed by atoms with Crippen molar-refractivity contribution < 1.29 is 23.1 Å². The van der Waals surface area contributed by atoms with Gasteiger partial charge in [-0.05, 0) is 42.6 Å². The summed E-state index contributed by atoms with van der Waals surface area (Å²) in [6, 6.07) is 3.10. The van der Waals surface area contributed by atoms with Crippen LogP contribution in [-0.2, 0) is 6.18 Å². The molecule has 1 aromatic carbocycles. The predicted octanol–water partition coefficient (Wildman–Crippen LogP) is 3.05. The number of rotatable bonds is 2. The number of hydrogen-bond donors (Lipinski definition) is 1. The highest BCUT2D eigenvalue weighted by Gasteiger charge is 2.32. The van der Waals surface area contributed by atoms with Crippen molar-refractivity contribution in [3.05, 3.63) is 29.3 Å². The molecule has 0 amide bonds. The fraction of sp³-hybridized carbons (Fsp3) is 0.462. The highest BCUT2D eigenvalue weighted by atomic mass is 35.5. The first-order valence-electron chi connectivity index (χ1n) is 6.12. The third-order valence-corrected chi connectivity index (χ3v) is 3.52. The second-order valence-corrected chi connectivity index (χ2v) is 5.10. The van der Waals surface area contributed by atoms with Gasteiger partial charge in [-0.15, -0.1) is 0 Å². The monoisotopic (exact) mass is 307 g/mol. The van der Waals surface area contributed by atoms with E-state index in [1.807, 2.05) is 0 Å². The van der Waals surface area contributed by atoms with E-state index in [9.17, 15) is 23.1 Å². The van der Waals surface area contributed by atoms with Gasteiger partial charge in [0.15, 0.2) is 0 Å². The molecule has 7 heteroatoms. The fourth-order valence-electron chi connectivity index (χ4n) is 2.19. The van der Waals surface area contributed by atoms with Crippen molar-refractivity contribution in [2.75, 3.05) is 18.0 Å². The van der Waals surface area contributed by atoms with Gasteiger partial charge >= 0.3 is 6.18 Å². The summed E-state index contributed by atoms with van der Waals surface area (Å²) in [6.07, 6.45) is -3.99. The number of nitrogens with zero attached hydrogens (tertiary/aromatic N) is 1. The Morgan fingerprint density at radius 3 is 2.35 bits per heavy atom. The Morgan fingerprint density at radius 1 is 1.25 bits per heavy atom. The van der Waals surface area contributed by atoms with Gasteiger partial charge in [0, 0.05) is 24.3 Å². The van der Waals surface area contributed by atoms with Crippen LogP contribution in [0.3, 0.4) is 0 Å². The number of benzene rings is 1. The van der Waals surface area contributed by atoms with Crippen LogP contribution in [0.2, 0.25) is 0 Å². The molecule has 0 aromatic heterocycles. The van der Waals surface area contributed by atoms with E-state index >= 15 is 0 Å². The summed E-state index contributed by atoms with van der Waals surface area (Å²) in [5.41, 5.74) is -0.775. The van der Waals surface area contributed by atoms with Gasteiger partial charge in [-0.2, -0.15) is 13.2 Å². The lowest BCUT2D eigenvalue weighted by Crippen LogP contribution is -2.36. The normalized spacial score (nSPS) is 17.4. The minimum Gasteiger partial charge on any atom is -0.393 e. The van der Waals surface area contributed by atoms with E-state index in [-0.39, 0.29) is 5.56 Å². The molecule has 1 N–H and O–H groups in total. The molecule has 0 atom stereocenters. The zero-order valence-electron chi connectivity index (χ0n) is 10.5. The number of hydrogen-bond acceptors (Lipinski definition) is 3. The molecule has 0 saturated carbocycles. The number of aliphatic hydroxyl groups excluding tert-OH is 1. The van der Waals surface area contributed by atoms with E-state index in [1.54, 1.807) is 4.90 Å². The second-order valence-electron chi connectivity index (χ2n) is 4.76. The van der Waals surface area contributed by atoms with E-state index in [4.69, 9.17) is 11.6 Å². The summed E-state index contributed by atoms with van der Waals surface area (Å²) < 4.78 is 38.5. The summed E-state index contributed by atoms with van der Waals surface area (Å²) >= 11 is 5.29. The van der Waals surface area contributed by atoms with Gasteiger partial charge in [0.25, 0.3) is 5.24 Å². The number of carbonyl (C=O) groups excluding carboxylic acids is 1. The van der Waals surface area contributed by atoms with Crippen LogP contribution in [0.1, 0.15) is 28.8 Å². The Kier molecular flexibility index (Phi) is 4.25. The quantitative estimate of drug-likeness (QED) is 0.854. The van der Waals surface area contributed by atoms with Crippen molar-refractivity contribution in [1.29, 1.82) is 0 Å². The maximum absolute atomic E-state index is 12.8. The van der Waals surface area contributed by atoms with Crippen LogP contribution in [0.4, 0.5) is 18.9 Å².